The van der Waals surface area contributed by atoms with Gasteiger partial charge in [0.25, 0.3) is 0 Å². The monoisotopic (exact) mass is 299 g/mol. The average molecular weight is 299 g/mol. The summed E-state index contributed by atoms with van der Waals surface area (Å²) in [5.41, 5.74) is 2.28. The van der Waals surface area contributed by atoms with Crippen LogP contribution < -0.4 is 5.32 Å². The largest absolute Gasteiger partial charge is 0.370 e. The molecule has 1 saturated carbocycles. The molecule has 3 rings (SSSR count). The van der Waals surface area contributed by atoms with Gasteiger partial charge in [0.2, 0.25) is 0 Å². The molecule has 2 aromatic rings. The maximum Gasteiger partial charge on any atom is 0.161 e. The first-order chi connectivity index (χ1) is 10.3. The first kappa shape index (κ1) is 14.4. The molecule has 1 aromatic heterocycles. The zero-order chi connectivity index (χ0) is 14.7. The van der Waals surface area contributed by atoms with E-state index in [1.807, 2.05) is 11.8 Å². The molecule has 1 aromatic carbocycles. The standard InChI is InChI=1S/C17H21N3S/c1-3-18-16-11-15(12-5-6-12)19-17(20-16)13-7-9-14(10-8-13)21-4-2/h7-12H,3-6H2,1-2H3,(H,18,19,20). The maximum atomic E-state index is 4.77. The van der Waals surface area contributed by atoms with Crippen molar-refractivity contribution >= 4 is 17.6 Å². The van der Waals surface area contributed by atoms with Gasteiger partial charge in [0.1, 0.15) is 5.82 Å². The van der Waals surface area contributed by atoms with Crippen molar-refractivity contribution in [2.45, 2.75) is 37.5 Å². The van der Waals surface area contributed by atoms with Crippen LogP contribution in [0.1, 0.15) is 38.3 Å². The summed E-state index contributed by atoms with van der Waals surface area (Å²) in [5, 5.41) is 3.32. The first-order valence-corrected chi connectivity index (χ1v) is 8.64. The lowest BCUT2D eigenvalue weighted by Crippen LogP contribution is -2.03. The van der Waals surface area contributed by atoms with Crippen molar-refractivity contribution in [3.63, 3.8) is 0 Å². The van der Waals surface area contributed by atoms with E-state index in [4.69, 9.17) is 4.98 Å². The number of benzene rings is 1. The van der Waals surface area contributed by atoms with E-state index in [9.17, 15) is 0 Å². The van der Waals surface area contributed by atoms with E-state index in [1.165, 1.54) is 23.4 Å². The predicted octanol–water partition coefficient (Wildman–Crippen LogP) is 4.56. The zero-order valence-electron chi connectivity index (χ0n) is 12.6. The third-order valence-electron chi connectivity index (χ3n) is 3.52. The van der Waals surface area contributed by atoms with Gasteiger partial charge in [-0.05, 0) is 37.7 Å². The summed E-state index contributed by atoms with van der Waals surface area (Å²) in [6.07, 6.45) is 2.52. The Hall–Kier alpha value is -1.55. The summed E-state index contributed by atoms with van der Waals surface area (Å²) in [6, 6.07) is 10.7. The van der Waals surface area contributed by atoms with Gasteiger partial charge in [-0.1, -0.05) is 19.1 Å². The normalized spacial score (nSPS) is 14.2. The van der Waals surface area contributed by atoms with Gasteiger partial charge < -0.3 is 5.32 Å². The average Bonchev–Trinajstić information content (AvgIpc) is 3.33. The van der Waals surface area contributed by atoms with Crippen LogP contribution in [0, 0.1) is 0 Å². The summed E-state index contributed by atoms with van der Waals surface area (Å²) in [4.78, 5) is 10.7. The molecule has 1 aliphatic rings. The van der Waals surface area contributed by atoms with E-state index in [0.717, 1.165) is 29.5 Å². The van der Waals surface area contributed by atoms with Crippen LogP contribution in [-0.2, 0) is 0 Å². The molecule has 1 fully saturated rings. The lowest BCUT2D eigenvalue weighted by molar-refractivity contribution is 0.988. The van der Waals surface area contributed by atoms with E-state index < -0.39 is 0 Å². The number of thioether (sulfide) groups is 1. The van der Waals surface area contributed by atoms with Gasteiger partial charge in [-0.15, -0.1) is 11.8 Å². The quantitative estimate of drug-likeness (QED) is 0.793. The van der Waals surface area contributed by atoms with Gasteiger partial charge in [-0.3, -0.25) is 0 Å². The van der Waals surface area contributed by atoms with Crippen LogP contribution in [0.4, 0.5) is 5.82 Å². The summed E-state index contributed by atoms with van der Waals surface area (Å²) < 4.78 is 0. The Morgan fingerprint density at radius 3 is 2.52 bits per heavy atom. The second-order valence-corrected chi connectivity index (χ2v) is 6.60. The Morgan fingerprint density at radius 2 is 1.90 bits per heavy atom. The highest BCUT2D eigenvalue weighted by atomic mass is 32.2. The molecular weight excluding hydrogens is 278 g/mol. The molecule has 1 aliphatic carbocycles. The molecule has 0 bridgehead atoms. The van der Waals surface area contributed by atoms with Crippen molar-refractivity contribution in [2.75, 3.05) is 17.6 Å². The van der Waals surface area contributed by atoms with Crippen LogP contribution in [-0.4, -0.2) is 22.3 Å². The maximum absolute atomic E-state index is 4.77. The number of nitrogens with zero attached hydrogens (tertiary/aromatic N) is 2. The van der Waals surface area contributed by atoms with Gasteiger partial charge in [-0.2, -0.15) is 0 Å². The highest BCUT2D eigenvalue weighted by molar-refractivity contribution is 7.99. The highest BCUT2D eigenvalue weighted by Gasteiger charge is 2.26. The number of anilines is 1. The van der Waals surface area contributed by atoms with Gasteiger partial charge in [0.05, 0.1) is 0 Å². The summed E-state index contributed by atoms with van der Waals surface area (Å²) in [5.74, 6) is 3.51. The van der Waals surface area contributed by atoms with Crippen LogP contribution in [0.25, 0.3) is 11.4 Å². The number of nitrogens with one attached hydrogen (secondary N) is 1. The Morgan fingerprint density at radius 1 is 1.14 bits per heavy atom. The molecule has 4 heteroatoms. The fourth-order valence-corrected chi connectivity index (χ4v) is 2.98. The summed E-state index contributed by atoms with van der Waals surface area (Å²) in [7, 11) is 0. The van der Waals surface area contributed by atoms with E-state index in [-0.39, 0.29) is 0 Å². The molecule has 0 atom stereocenters. The molecule has 0 saturated heterocycles. The molecule has 0 unspecified atom stereocenters. The lowest BCUT2D eigenvalue weighted by Gasteiger charge is -2.09. The number of aromatic nitrogens is 2. The molecule has 0 aliphatic heterocycles. The van der Waals surface area contributed by atoms with Gasteiger partial charge in [0, 0.05) is 34.7 Å². The molecule has 0 radical (unpaired) electrons. The second kappa shape index (κ2) is 6.48. The molecular formula is C17H21N3S. The van der Waals surface area contributed by atoms with Crippen molar-refractivity contribution in [3.8, 4) is 11.4 Å². The third-order valence-corrected chi connectivity index (χ3v) is 4.42. The minimum absolute atomic E-state index is 0.638. The first-order valence-electron chi connectivity index (χ1n) is 7.66. The van der Waals surface area contributed by atoms with Crippen LogP contribution >= 0.6 is 11.8 Å². The minimum atomic E-state index is 0.638. The van der Waals surface area contributed by atoms with Crippen LogP contribution in [0.3, 0.4) is 0 Å². The molecule has 1 N–H and O–H groups in total. The Labute approximate surface area is 130 Å². The molecule has 21 heavy (non-hydrogen) atoms. The van der Waals surface area contributed by atoms with E-state index in [2.05, 4.69) is 54.5 Å². The third kappa shape index (κ3) is 3.56. The van der Waals surface area contributed by atoms with Crippen molar-refractivity contribution < 1.29 is 0 Å². The zero-order valence-corrected chi connectivity index (χ0v) is 13.4. The summed E-state index contributed by atoms with van der Waals surface area (Å²) >= 11 is 1.86. The number of hydrogen-bond acceptors (Lipinski definition) is 4. The predicted molar refractivity (Wildman–Crippen MR) is 90.0 cm³/mol. The van der Waals surface area contributed by atoms with Crippen molar-refractivity contribution in [1.82, 2.24) is 9.97 Å². The minimum Gasteiger partial charge on any atom is -0.370 e. The van der Waals surface area contributed by atoms with Crippen molar-refractivity contribution in [2.24, 2.45) is 0 Å². The topological polar surface area (TPSA) is 37.8 Å². The molecule has 0 amide bonds. The Bertz CT molecular complexity index is 606. The Kier molecular flexibility index (Phi) is 4.44. The lowest BCUT2D eigenvalue weighted by atomic mass is 10.2. The fourth-order valence-electron chi connectivity index (χ4n) is 2.32. The van der Waals surface area contributed by atoms with Crippen molar-refractivity contribution in [1.29, 1.82) is 0 Å². The van der Waals surface area contributed by atoms with Gasteiger partial charge >= 0.3 is 0 Å². The van der Waals surface area contributed by atoms with Crippen LogP contribution in [0.2, 0.25) is 0 Å². The van der Waals surface area contributed by atoms with Gasteiger partial charge in [0.15, 0.2) is 5.82 Å². The van der Waals surface area contributed by atoms with Crippen LogP contribution in [0.5, 0.6) is 0 Å². The molecule has 0 spiro atoms. The Balaban J connectivity index is 1.92. The van der Waals surface area contributed by atoms with E-state index in [1.54, 1.807) is 0 Å². The smallest absolute Gasteiger partial charge is 0.161 e. The summed E-state index contributed by atoms with van der Waals surface area (Å²) in [6.45, 7) is 5.14. The number of hydrogen-bond donors (Lipinski definition) is 1. The molecule has 1 heterocycles. The SMILES string of the molecule is CCNc1cc(C2CC2)nc(-c2ccc(SCC)cc2)n1. The molecule has 3 nitrogen and oxygen atoms in total. The van der Waals surface area contributed by atoms with Crippen molar-refractivity contribution in [3.05, 3.63) is 36.0 Å². The number of rotatable bonds is 6. The second-order valence-electron chi connectivity index (χ2n) is 5.26. The van der Waals surface area contributed by atoms with Crippen LogP contribution in [0.15, 0.2) is 35.2 Å². The van der Waals surface area contributed by atoms with E-state index in [0.29, 0.717) is 5.92 Å². The van der Waals surface area contributed by atoms with Gasteiger partial charge in [-0.25, -0.2) is 9.97 Å². The fraction of sp³-hybridized carbons (Fsp3) is 0.412. The molecule has 110 valence electrons. The highest BCUT2D eigenvalue weighted by Crippen LogP contribution is 2.40. The van der Waals surface area contributed by atoms with E-state index >= 15 is 0 Å².